The quantitative estimate of drug-likeness (QED) is 0.391. The van der Waals surface area contributed by atoms with Crippen LogP contribution < -0.4 is 14.8 Å². The van der Waals surface area contributed by atoms with Crippen LogP contribution >= 0.6 is 0 Å². The van der Waals surface area contributed by atoms with Gasteiger partial charge in [-0.05, 0) is 80.3 Å². The Morgan fingerprint density at radius 1 is 1.10 bits per heavy atom. The number of rotatable bonds is 10. The Kier molecular flexibility index (Phi) is 9.24. The van der Waals surface area contributed by atoms with Gasteiger partial charge in [0, 0.05) is 24.1 Å². The zero-order chi connectivity index (χ0) is 28.0. The summed E-state index contributed by atoms with van der Waals surface area (Å²) in [4.78, 5) is 29.5. The summed E-state index contributed by atoms with van der Waals surface area (Å²) in [6, 6.07) is 13.0. The number of halogens is 3. The highest BCUT2D eigenvalue weighted by molar-refractivity contribution is 5.82. The molecule has 39 heavy (non-hydrogen) atoms. The van der Waals surface area contributed by atoms with Crippen LogP contribution in [0.5, 0.6) is 11.5 Å². The summed E-state index contributed by atoms with van der Waals surface area (Å²) < 4.78 is 50.7. The van der Waals surface area contributed by atoms with Crippen molar-refractivity contribution in [3.05, 3.63) is 53.6 Å². The van der Waals surface area contributed by atoms with E-state index in [1.807, 2.05) is 36.4 Å². The van der Waals surface area contributed by atoms with Crippen LogP contribution in [0.2, 0.25) is 0 Å². The fraction of sp³-hybridized carbons (Fsp3) is 0.517. The Hall–Kier alpha value is -3.43. The first-order valence-electron chi connectivity index (χ1n) is 13.5. The molecule has 2 aromatic rings. The third-order valence-electron chi connectivity index (χ3n) is 7.22. The van der Waals surface area contributed by atoms with Gasteiger partial charge < -0.3 is 19.6 Å². The van der Waals surface area contributed by atoms with Gasteiger partial charge in [0.25, 0.3) is 5.91 Å². The highest BCUT2D eigenvalue weighted by atomic mass is 19.4. The molecule has 0 unspecified atom stereocenters. The van der Waals surface area contributed by atoms with Crippen molar-refractivity contribution in [2.24, 2.45) is 5.92 Å². The summed E-state index contributed by atoms with van der Waals surface area (Å²) in [5.41, 5.74) is 2.53. The second-order valence-corrected chi connectivity index (χ2v) is 10.2. The molecule has 2 fully saturated rings. The number of methoxy groups -OCH3 is 1. The van der Waals surface area contributed by atoms with Gasteiger partial charge in [0.2, 0.25) is 0 Å². The zero-order valence-corrected chi connectivity index (χ0v) is 22.3. The van der Waals surface area contributed by atoms with Crippen molar-refractivity contribution in [3.63, 3.8) is 0 Å². The number of benzene rings is 2. The van der Waals surface area contributed by atoms with E-state index in [1.165, 1.54) is 0 Å². The lowest BCUT2D eigenvalue weighted by Gasteiger charge is -2.36. The van der Waals surface area contributed by atoms with Crippen molar-refractivity contribution in [3.8, 4) is 11.5 Å². The fourth-order valence-electron chi connectivity index (χ4n) is 5.25. The van der Waals surface area contributed by atoms with Crippen LogP contribution in [0.3, 0.4) is 0 Å². The highest BCUT2D eigenvalue weighted by Gasteiger charge is 2.46. The number of nitrogens with one attached hydrogen (secondary N) is 1. The van der Waals surface area contributed by atoms with Gasteiger partial charge in [0.05, 0.1) is 19.8 Å². The van der Waals surface area contributed by atoms with E-state index in [0.717, 1.165) is 55.5 Å². The van der Waals surface area contributed by atoms with Crippen LogP contribution in [0, 0.1) is 5.92 Å². The molecule has 10 heteroatoms. The average molecular weight is 549 g/mol. The number of hydrogen-bond acceptors (Lipinski definition) is 6. The molecule has 4 rings (SSSR count). The second kappa shape index (κ2) is 12.6. The van der Waals surface area contributed by atoms with Gasteiger partial charge in [-0.2, -0.15) is 18.2 Å². The predicted octanol–water partition coefficient (Wildman–Crippen LogP) is 6.03. The second-order valence-electron chi connectivity index (χ2n) is 10.2. The summed E-state index contributed by atoms with van der Waals surface area (Å²) >= 11 is 0. The molecule has 1 saturated carbocycles. The maximum Gasteiger partial charge on any atom is 0.493 e. The number of ether oxygens (including phenoxy) is 2. The lowest BCUT2D eigenvalue weighted by atomic mass is 9.82. The monoisotopic (exact) mass is 548 g/mol. The SMILES string of the molecule is CCCNc1cccc(C[C@@H]2C[C@@H](c3ccc(OC)c(OC4CCCC4)c3)CN(OC(=O)C(F)(F)F)C2=O)c1. The number of nitrogens with zero attached hydrogens (tertiary/aromatic N) is 1. The molecule has 1 aliphatic carbocycles. The first kappa shape index (κ1) is 28.6. The molecule has 2 aliphatic rings. The number of carbonyl (C=O) groups excluding carboxylic acids is 2. The van der Waals surface area contributed by atoms with E-state index in [9.17, 15) is 22.8 Å². The predicted molar refractivity (Wildman–Crippen MR) is 140 cm³/mol. The van der Waals surface area contributed by atoms with Gasteiger partial charge in [-0.15, -0.1) is 0 Å². The number of alkyl halides is 3. The van der Waals surface area contributed by atoms with Crippen LogP contribution in [-0.4, -0.2) is 49.4 Å². The Labute approximate surface area is 226 Å². The third kappa shape index (κ3) is 7.36. The Morgan fingerprint density at radius 2 is 1.87 bits per heavy atom. The topological polar surface area (TPSA) is 77.1 Å². The minimum absolute atomic E-state index is 0.0765. The Balaban J connectivity index is 1.60. The van der Waals surface area contributed by atoms with Crippen LogP contribution in [0.25, 0.3) is 0 Å². The van der Waals surface area contributed by atoms with E-state index >= 15 is 0 Å². The van der Waals surface area contributed by atoms with Gasteiger partial charge >= 0.3 is 12.1 Å². The van der Waals surface area contributed by atoms with Crippen molar-refractivity contribution in [2.75, 3.05) is 25.5 Å². The average Bonchev–Trinajstić information content (AvgIpc) is 3.42. The minimum Gasteiger partial charge on any atom is -0.493 e. The summed E-state index contributed by atoms with van der Waals surface area (Å²) in [5, 5.41) is 3.88. The summed E-state index contributed by atoms with van der Waals surface area (Å²) in [6.45, 7) is 2.65. The lowest BCUT2D eigenvalue weighted by molar-refractivity contribution is -0.241. The minimum atomic E-state index is -5.22. The van der Waals surface area contributed by atoms with Crippen LogP contribution in [0.4, 0.5) is 18.9 Å². The van der Waals surface area contributed by atoms with Crippen LogP contribution in [0.15, 0.2) is 42.5 Å². The van der Waals surface area contributed by atoms with Crippen molar-refractivity contribution in [2.45, 2.75) is 70.1 Å². The maximum atomic E-state index is 13.2. The number of piperidine rings is 1. The van der Waals surface area contributed by atoms with Gasteiger partial charge in [0.1, 0.15) is 0 Å². The third-order valence-corrected chi connectivity index (χ3v) is 7.22. The molecule has 1 saturated heterocycles. The number of hydrogen-bond donors (Lipinski definition) is 1. The maximum absolute atomic E-state index is 13.2. The molecule has 1 aliphatic heterocycles. The summed E-state index contributed by atoms with van der Waals surface area (Å²) in [7, 11) is 1.55. The standard InChI is InChI=1S/C29H35F3N2O5/c1-3-13-33-23-8-6-7-19(15-23)14-21-16-22(18-34(27(21)35)39-28(36)29(30,31)32)20-11-12-25(37-2)26(17-20)38-24-9-4-5-10-24/h6-8,11-12,15,17,21-22,24,33H,3-5,9-10,13-14,16,18H2,1-2H3/t21-,22-/m1/s1. The number of carbonyl (C=O) groups is 2. The Bertz CT molecular complexity index is 1150. The molecular weight excluding hydrogens is 513 g/mol. The van der Waals surface area contributed by atoms with Crippen molar-refractivity contribution in [1.29, 1.82) is 0 Å². The molecular formula is C29H35F3N2O5. The molecule has 7 nitrogen and oxygen atoms in total. The normalized spacial score (nSPS) is 20.1. The van der Waals surface area contributed by atoms with Gasteiger partial charge in [-0.3, -0.25) is 4.79 Å². The molecule has 0 aromatic heterocycles. The summed E-state index contributed by atoms with van der Waals surface area (Å²) in [5.74, 6) is -3.01. The van der Waals surface area contributed by atoms with Crippen LogP contribution in [-0.2, 0) is 20.8 Å². The van der Waals surface area contributed by atoms with E-state index in [4.69, 9.17) is 9.47 Å². The molecule has 0 spiro atoms. The van der Waals surface area contributed by atoms with Gasteiger partial charge in [0.15, 0.2) is 11.5 Å². The fourth-order valence-corrected chi connectivity index (χ4v) is 5.25. The lowest BCUT2D eigenvalue weighted by Crippen LogP contribution is -2.48. The first-order chi connectivity index (χ1) is 18.7. The molecule has 1 heterocycles. The van der Waals surface area contributed by atoms with E-state index in [1.54, 1.807) is 13.2 Å². The molecule has 212 valence electrons. The van der Waals surface area contributed by atoms with Crippen molar-refractivity contribution < 1.29 is 37.1 Å². The van der Waals surface area contributed by atoms with E-state index < -0.39 is 24.0 Å². The molecule has 1 amide bonds. The van der Waals surface area contributed by atoms with Crippen molar-refractivity contribution >= 4 is 17.6 Å². The molecule has 2 aromatic carbocycles. The molecule has 0 radical (unpaired) electrons. The van der Waals surface area contributed by atoms with Gasteiger partial charge in [-0.1, -0.05) is 25.1 Å². The molecule has 0 bridgehead atoms. The van der Waals surface area contributed by atoms with Gasteiger partial charge in [-0.25, -0.2) is 4.79 Å². The first-order valence-corrected chi connectivity index (χ1v) is 13.5. The Morgan fingerprint density at radius 3 is 2.56 bits per heavy atom. The van der Waals surface area contributed by atoms with E-state index in [0.29, 0.717) is 29.4 Å². The molecule has 2 atom stereocenters. The smallest absolute Gasteiger partial charge is 0.493 e. The molecule has 1 N–H and O–H groups in total. The van der Waals surface area contributed by atoms with E-state index in [-0.39, 0.29) is 18.6 Å². The highest BCUT2D eigenvalue weighted by Crippen LogP contribution is 2.39. The van der Waals surface area contributed by atoms with E-state index in [2.05, 4.69) is 17.1 Å². The summed E-state index contributed by atoms with van der Waals surface area (Å²) in [6.07, 6.45) is 0.542. The van der Waals surface area contributed by atoms with Crippen molar-refractivity contribution in [1.82, 2.24) is 5.06 Å². The number of amides is 1. The largest absolute Gasteiger partial charge is 0.493 e. The zero-order valence-electron chi connectivity index (χ0n) is 22.3. The van der Waals surface area contributed by atoms with Crippen LogP contribution in [0.1, 0.15) is 62.5 Å². The number of anilines is 1. The number of hydroxylamine groups is 2.